The van der Waals surface area contributed by atoms with Crippen LogP contribution < -0.4 is 16.2 Å². The van der Waals surface area contributed by atoms with E-state index < -0.39 is 0 Å². The number of rotatable bonds is 0. The van der Waals surface area contributed by atoms with E-state index in [-0.39, 0.29) is 0 Å². The van der Waals surface area contributed by atoms with E-state index >= 15 is 0 Å². The van der Waals surface area contributed by atoms with Gasteiger partial charge in [-0.25, -0.2) is 5.43 Å². The van der Waals surface area contributed by atoms with Crippen molar-refractivity contribution in [3.05, 3.63) is 23.4 Å². The van der Waals surface area contributed by atoms with E-state index in [1.165, 1.54) is 24.1 Å². The molecule has 2 unspecified atom stereocenters. The normalized spacial score (nSPS) is 36.9. The zero-order valence-electron chi connectivity index (χ0n) is 7.64. The highest BCUT2D eigenvalue weighted by atomic mass is 15.4. The van der Waals surface area contributed by atoms with Gasteiger partial charge in [-0.3, -0.25) is 0 Å². The molecule has 0 bridgehead atoms. The van der Waals surface area contributed by atoms with E-state index in [9.17, 15) is 0 Å². The Morgan fingerprint density at radius 1 is 1.38 bits per heavy atom. The Hall–Kier alpha value is -0.800. The Kier molecular flexibility index (Phi) is 1.67. The molecule has 70 valence electrons. The summed E-state index contributed by atoms with van der Waals surface area (Å²) < 4.78 is 0. The summed E-state index contributed by atoms with van der Waals surface area (Å²) in [5.41, 5.74) is 9.30. The average molecular weight is 177 g/mol. The van der Waals surface area contributed by atoms with Crippen molar-refractivity contribution in [1.29, 1.82) is 0 Å². The highest BCUT2D eigenvalue weighted by Gasteiger charge is 2.30. The van der Waals surface area contributed by atoms with Crippen LogP contribution in [0.15, 0.2) is 23.4 Å². The van der Waals surface area contributed by atoms with Crippen molar-refractivity contribution in [2.24, 2.45) is 5.92 Å². The Bertz CT molecular complexity index is 280. The minimum absolute atomic E-state index is 0.615. The third-order valence-corrected chi connectivity index (χ3v) is 3.18. The molecule has 3 N–H and O–H groups in total. The first-order chi connectivity index (χ1) is 6.43. The molecule has 2 aliphatic heterocycles. The van der Waals surface area contributed by atoms with Crippen LogP contribution in [-0.2, 0) is 0 Å². The van der Waals surface area contributed by atoms with Crippen molar-refractivity contribution in [3.8, 4) is 0 Å². The van der Waals surface area contributed by atoms with Crippen LogP contribution in [0.25, 0.3) is 0 Å². The molecule has 0 aromatic heterocycles. The largest absolute Gasteiger partial charge is 0.325 e. The molecule has 3 heteroatoms. The van der Waals surface area contributed by atoms with Gasteiger partial charge in [0, 0.05) is 24.2 Å². The van der Waals surface area contributed by atoms with Gasteiger partial charge in [0.25, 0.3) is 0 Å². The molecule has 3 rings (SSSR count). The molecule has 3 nitrogen and oxygen atoms in total. The molecule has 2 heterocycles. The highest BCUT2D eigenvalue weighted by molar-refractivity contribution is 5.35. The summed E-state index contributed by atoms with van der Waals surface area (Å²) in [4.78, 5) is 0. The molecule has 0 saturated carbocycles. The van der Waals surface area contributed by atoms with E-state index in [4.69, 9.17) is 0 Å². The van der Waals surface area contributed by atoms with Gasteiger partial charge in [0.05, 0.1) is 0 Å². The second-order valence-electron chi connectivity index (χ2n) is 4.04. The first-order valence-corrected chi connectivity index (χ1v) is 5.07. The van der Waals surface area contributed by atoms with Crippen molar-refractivity contribution in [2.75, 3.05) is 13.1 Å². The Balaban J connectivity index is 1.94. The van der Waals surface area contributed by atoms with Crippen molar-refractivity contribution >= 4 is 0 Å². The lowest BCUT2D eigenvalue weighted by Gasteiger charge is -2.30. The van der Waals surface area contributed by atoms with Crippen LogP contribution in [0, 0.1) is 5.92 Å². The minimum Gasteiger partial charge on any atom is -0.325 e. The van der Waals surface area contributed by atoms with Crippen LogP contribution in [-0.4, -0.2) is 19.1 Å². The topological polar surface area (TPSA) is 36.1 Å². The smallest absolute Gasteiger partial charge is 0.0324 e. The van der Waals surface area contributed by atoms with Crippen molar-refractivity contribution in [1.82, 2.24) is 16.2 Å². The maximum atomic E-state index is 3.57. The van der Waals surface area contributed by atoms with Crippen molar-refractivity contribution in [2.45, 2.75) is 18.9 Å². The van der Waals surface area contributed by atoms with E-state index in [0.717, 1.165) is 13.1 Å². The van der Waals surface area contributed by atoms with Crippen LogP contribution >= 0.6 is 0 Å². The number of hydrogen-bond donors (Lipinski definition) is 3. The van der Waals surface area contributed by atoms with Crippen molar-refractivity contribution in [3.63, 3.8) is 0 Å². The maximum absolute atomic E-state index is 3.57. The Labute approximate surface area is 78.2 Å². The van der Waals surface area contributed by atoms with E-state index in [2.05, 4.69) is 28.3 Å². The fourth-order valence-electron chi connectivity index (χ4n) is 2.45. The summed E-state index contributed by atoms with van der Waals surface area (Å²) in [6.45, 7) is 2.22. The molecule has 1 fully saturated rings. The molecule has 0 amide bonds. The molecule has 0 radical (unpaired) electrons. The highest BCUT2D eigenvalue weighted by Crippen LogP contribution is 2.30. The quantitative estimate of drug-likeness (QED) is 0.497. The number of fused-ring (bicyclic) bond motifs is 2. The van der Waals surface area contributed by atoms with Crippen LogP contribution in [0.2, 0.25) is 0 Å². The molecule has 13 heavy (non-hydrogen) atoms. The van der Waals surface area contributed by atoms with Crippen LogP contribution in [0.5, 0.6) is 0 Å². The fraction of sp³-hybridized carbons (Fsp3) is 0.600. The lowest BCUT2D eigenvalue weighted by molar-refractivity contribution is 0.448. The van der Waals surface area contributed by atoms with Crippen molar-refractivity contribution < 1.29 is 0 Å². The second kappa shape index (κ2) is 2.86. The lowest BCUT2D eigenvalue weighted by Crippen LogP contribution is -2.38. The summed E-state index contributed by atoms with van der Waals surface area (Å²) in [7, 11) is 0. The molecule has 0 spiro atoms. The van der Waals surface area contributed by atoms with E-state index in [1.54, 1.807) is 0 Å². The summed E-state index contributed by atoms with van der Waals surface area (Å²) in [6, 6.07) is 0.615. The Morgan fingerprint density at radius 2 is 2.38 bits per heavy atom. The lowest BCUT2D eigenvalue weighted by atomic mass is 9.84. The third-order valence-electron chi connectivity index (χ3n) is 3.18. The number of hydrazine groups is 1. The Morgan fingerprint density at radius 3 is 3.38 bits per heavy atom. The molecule has 0 aromatic carbocycles. The molecule has 3 aliphatic rings. The van der Waals surface area contributed by atoms with Crippen LogP contribution in [0.3, 0.4) is 0 Å². The second-order valence-corrected chi connectivity index (χ2v) is 4.04. The van der Waals surface area contributed by atoms with Gasteiger partial charge in [0.2, 0.25) is 0 Å². The maximum Gasteiger partial charge on any atom is 0.0324 e. The standard InChI is InChI=1S/C10H15N3/c1-2-7-4-10-8(6-12-13-10)5-9(7)11-3-1/h2,4,8-9,11-13H,1,3,5-6H2. The van der Waals surface area contributed by atoms with Crippen LogP contribution in [0.1, 0.15) is 12.8 Å². The molecule has 0 aromatic rings. The van der Waals surface area contributed by atoms with Gasteiger partial charge in [-0.2, -0.15) is 0 Å². The van der Waals surface area contributed by atoms with Crippen LogP contribution in [0.4, 0.5) is 0 Å². The van der Waals surface area contributed by atoms with Gasteiger partial charge in [-0.15, -0.1) is 0 Å². The van der Waals surface area contributed by atoms with E-state index in [1.807, 2.05) is 0 Å². The zero-order valence-corrected chi connectivity index (χ0v) is 7.64. The predicted octanol–water partition coefficient (Wildman–Crippen LogP) is 0.286. The van der Waals surface area contributed by atoms with E-state index in [0.29, 0.717) is 12.0 Å². The molecule has 2 atom stereocenters. The van der Waals surface area contributed by atoms with Gasteiger partial charge in [-0.1, -0.05) is 6.08 Å². The monoisotopic (exact) mass is 177 g/mol. The molecular weight excluding hydrogens is 162 g/mol. The van der Waals surface area contributed by atoms with Gasteiger partial charge in [-0.05, 0) is 31.0 Å². The van der Waals surface area contributed by atoms with Gasteiger partial charge in [0.1, 0.15) is 0 Å². The summed E-state index contributed by atoms with van der Waals surface area (Å²) in [6.07, 6.45) is 7.10. The first-order valence-electron chi connectivity index (χ1n) is 5.07. The fourth-order valence-corrected chi connectivity index (χ4v) is 2.45. The SMILES string of the molecule is C1=C2NNCC2CC2NCCC=C12. The molecule has 1 aliphatic carbocycles. The minimum atomic E-state index is 0.615. The number of nitrogens with one attached hydrogen (secondary N) is 3. The summed E-state index contributed by atoms with van der Waals surface area (Å²) >= 11 is 0. The third kappa shape index (κ3) is 1.19. The molecular formula is C10H15N3. The number of hydrogen-bond acceptors (Lipinski definition) is 3. The van der Waals surface area contributed by atoms with Gasteiger partial charge in [0.15, 0.2) is 0 Å². The van der Waals surface area contributed by atoms with Gasteiger partial charge < -0.3 is 10.7 Å². The van der Waals surface area contributed by atoms with Gasteiger partial charge >= 0.3 is 0 Å². The summed E-state index contributed by atoms with van der Waals surface area (Å²) in [5.74, 6) is 0.702. The molecule has 1 saturated heterocycles. The predicted molar refractivity (Wildman–Crippen MR) is 51.8 cm³/mol. The average Bonchev–Trinajstić information content (AvgIpc) is 2.61. The zero-order chi connectivity index (χ0) is 8.67. The first kappa shape index (κ1) is 7.59. The summed E-state index contributed by atoms with van der Waals surface area (Å²) in [5, 5.41) is 3.57.